The Hall–Kier alpha value is -3.59. The predicted molar refractivity (Wildman–Crippen MR) is 104 cm³/mol. The van der Waals surface area contributed by atoms with Crippen LogP contribution in [0.4, 0.5) is 30.6 Å². The van der Waals surface area contributed by atoms with Crippen molar-refractivity contribution in [2.24, 2.45) is 5.73 Å². The lowest BCUT2D eigenvalue weighted by Crippen LogP contribution is -2.32. The highest BCUT2D eigenvalue weighted by atomic mass is 19.4. The van der Waals surface area contributed by atoms with E-state index in [0.29, 0.717) is 11.8 Å². The molecule has 0 amide bonds. The molecule has 1 heterocycles. The summed E-state index contributed by atoms with van der Waals surface area (Å²) in [5.74, 6) is -1.48. The second kappa shape index (κ2) is 8.65. The van der Waals surface area contributed by atoms with Gasteiger partial charge < -0.3 is 26.2 Å². The summed E-state index contributed by atoms with van der Waals surface area (Å²) in [5.41, 5.74) is 5.28. The van der Waals surface area contributed by atoms with Crippen molar-refractivity contribution < 1.29 is 27.8 Å². The summed E-state index contributed by atoms with van der Waals surface area (Å²) in [6.45, 7) is 0. The first-order chi connectivity index (χ1) is 14.6. The second-order valence-electron chi connectivity index (χ2n) is 6.97. The van der Waals surface area contributed by atoms with E-state index in [0.717, 1.165) is 12.8 Å². The molecule has 0 radical (unpaired) electrons. The molecule has 1 aliphatic carbocycles. The molecule has 2 aromatic rings. The van der Waals surface area contributed by atoms with Gasteiger partial charge in [0.1, 0.15) is 23.2 Å². The molecule has 1 aromatic carbocycles. The number of ether oxygens (including phenoxy) is 1. The number of nitrogens with one attached hydrogen (secondary N) is 2. The second-order valence-corrected chi connectivity index (χ2v) is 6.97. The third kappa shape index (κ3) is 5.32. The van der Waals surface area contributed by atoms with Gasteiger partial charge in [-0.2, -0.15) is 23.4 Å². The summed E-state index contributed by atoms with van der Waals surface area (Å²) in [5, 5.41) is 23.9. The van der Waals surface area contributed by atoms with Crippen LogP contribution in [0.1, 0.15) is 29.5 Å². The smallest absolute Gasteiger partial charge is 0.421 e. The monoisotopic (exact) mass is 436 g/mol. The molecule has 3 rings (SSSR count). The zero-order valence-corrected chi connectivity index (χ0v) is 16.3. The Morgan fingerprint density at radius 2 is 2.16 bits per heavy atom. The minimum Gasteiger partial charge on any atom is -0.495 e. The molecule has 0 aliphatic heterocycles. The topological polar surface area (TPSA) is 146 Å². The summed E-state index contributed by atoms with van der Waals surface area (Å²) < 4.78 is 45.0. The Balaban J connectivity index is 1.94. The van der Waals surface area contributed by atoms with Crippen LogP contribution in [0, 0.1) is 11.3 Å². The van der Waals surface area contributed by atoms with Gasteiger partial charge in [-0.3, -0.25) is 4.79 Å². The lowest BCUT2D eigenvalue weighted by atomic mass is 10.00. The number of carbonyl (C=O) groups is 1. The van der Waals surface area contributed by atoms with Crippen LogP contribution in [0.25, 0.3) is 0 Å². The number of nitrogens with two attached hydrogens (primary N) is 1. The number of carboxylic acid groups (broad SMARTS) is 1. The van der Waals surface area contributed by atoms with Crippen molar-refractivity contribution in [1.82, 2.24) is 9.97 Å². The Morgan fingerprint density at radius 1 is 1.45 bits per heavy atom. The average molecular weight is 436 g/mol. The van der Waals surface area contributed by atoms with E-state index >= 15 is 0 Å². The highest BCUT2D eigenvalue weighted by molar-refractivity contribution is 5.74. The Morgan fingerprint density at radius 3 is 2.71 bits per heavy atom. The van der Waals surface area contributed by atoms with Crippen LogP contribution in [0.15, 0.2) is 18.3 Å². The van der Waals surface area contributed by atoms with E-state index in [4.69, 9.17) is 15.6 Å². The van der Waals surface area contributed by atoms with Crippen LogP contribution in [-0.4, -0.2) is 40.2 Å². The predicted octanol–water partition coefficient (Wildman–Crippen LogP) is 2.65. The van der Waals surface area contributed by atoms with Gasteiger partial charge in [0.25, 0.3) is 0 Å². The molecule has 5 N–H and O–H groups in total. The van der Waals surface area contributed by atoms with E-state index in [2.05, 4.69) is 20.6 Å². The molecular weight excluding hydrogens is 417 g/mol. The van der Waals surface area contributed by atoms with E-state index in [9.17, 15) is 23.2 Å². The fraction of sp³-hybridized carbons (Fsp3) is 0.368. The minimum atomic E-state index is -4.62. The summed E-state index contributed by atoms with van der Waals surface area (Å²) in [6, 6.07) is 3.47. The number of aliphatic carboxylic acids is 1. The molecule has 0 unspecified atom stereocenters. The third-order valence-corrected chi connectivity index (χ3v) is 4.56. The highest BCUT2D eigenvalue weighted by Gasteiger charge is 2.37. The van der Waals surface area contributed by atoms with Gasteiger partial charge in [0.2, 0.25) is 5.95 Å². The Labute approximate surface area is 175 Å². The molecule has 164 valence electrons. The normalized spacial score (nSPS) is 14.5. The molecule has 12 heteroatoms. The molecule has 31 heavy (non-hydrogen) atoms. The molecule has 9 nitrogen and oxygen atoms in total. The van der Waals surface area contributed by atoms with E-state index in [1.165, 1.54) is 19.2 Å². The van der Waals surface area contributed by atoms with Crippen LogP contribution in [-0.2, 0) is 17.4 Å². The fourth-order valence-electron chi connectivity index (χ4n) is 2.79. The molecular formula is C19H19F3N6O3. The van der Waals surface area contributed by atoms with Crippen LogP contribution < -0.4 is 21.1 Å². The Kier molecular flexibility index (Phi) is 6.16. The van der Waals surface area contributed by atoms with Crippen LogP contribution >= 0.6 is 0 Å². The third-order valence-electron chi connectivity index (χ3n) is 4.56. The number of aromatic nitrogens is 2. The van der Waals surface area contributed by atoms with Crippen molar-refractivity contribution in [3.63, 3.8) is 0 Å². The lowest BCUT2D eigenvalue weighted by molar-refractivity contribution is -0.139. The van der Waals surface area contributed by atoms with Crippen LogP contribution in [0.3, 0.4) is 0 Å². The number of halogens is 3. The Bertz CT molecular complexity index is 1030. The van der Waals surface area contributed by atoms with Crippen molar-refractivity contribution in [2.75, 3.05) is 17.7 Å². The van der Waals surface area contributed by atoms with Gasteiger partial charge in [0, 0.05) is 12.2 Å². The molecule has 1 fully saturated rings. The number of nitriles is 1. The van der Waals surface area contributed by atoms with Gasteiger partial charge in [-0.25, -0.2) is 4.98 Å². The number of alkyl halides is 3. The maximum atomic E-state index is 13.3. The maximum Gasteiger partial charge on any atom is 0.421 e. The zero-order valence-electron chi connectivity index (χ0n) is 16.3. The van der Waals surface area contributed by atoms with Gasteiger partial charge in [-0.1, -0.05) is 0 Å². The SMILES string of the molecule is COc1cc(C[C@H](N)C(=O)O)c(C#N)cc1Nc1ncc(C(F)(F)F)c(NC2CC2)n1. The van der Waals surface area contributed by atoms with Gasteiger partial charge in [0.05, 0.1) is 24.4 Å². The number of carboxylic acids is 1. The lowest BCUT2D eigenvalue weighted by Gasteiger charge is -2.17. The summed E-state index contributed by atoms with van der Waals surface area (Å²) in [7, 11) is 1.35. The van der Waals surface area contributed by atoms with E-state index in [1.807, 2.05) is 6.07 Å². The van der Waals surface area contributed by atoms with Crippen molar-refractivity contribution in [3.8, 4) is 11.8 Å². The zero-order chi connectivity index (χ0) is 22.8. The summed E-state index contributed by atoms with van der Waals surface area (Å²) in [6.07, 6.45) is -2.54. The van der Waals surface area contributed by atoms with Crippen molar-refractivity contribution >= 4 is 23.4 Å². The summed E-state index contributed by atoms with van der Waals surface area (Å²) >= 11 is 0. The number of hydrogen-bond acceptors (Lipinski definition) is 8. The van der Waals surface area contributed by atoms with Gasteiger partial charge in [-0.15, -0.1) is 0 Å². The standard InChI is InChI=1S/C19H19F3N6O3/c1-31-15-6-9(4-13(24)17(29)30)10(7-23)5-14(15)27-18-25-8-12(19(20,21)22)16(28-18)26-11-2-3-11/h5-6,8,11,13H,2-4,24H2,1H3,(H,29,30)(H2,25,26,27,28)/t13-/m0/s1. The van der Waals surface area contributed by atoms with E-state index < -0.39 is 23.8 Å². The first-order valence-corrected chi connectivity index (χ1v) is 9.19. The number of anilines is 3. The molecule has 1 atom stereocenters. The number of hydrogen-bond donors (Lipinski definition) is 4. The fourth-order valence-corrected chi connectivity index (χ4v) is 2.79. The first-order valence-electron chi connectivity index (χ1n) is 9.19. The number of rotatable bonds is 8. The maximum absolute atomic E-state index is 13.3. The van der Waals surface area contributed by atoms with Gasteiger partial charge >= 0.3 is 12.1 Å². The molecule has 0 saturated heterocycles. The molecule has 0 spiro atoms. The molecule has 0 bridgehead atoms. The quantitative estimate of drug-likeness (QED) is 0.490. The van der Waals surface area contributed by atoms with E-state index in [1.54, 1.807) is 0 Å². The largest absolute Gasteiger partial charge is 0.495 e. The average Bonchev–Trinajstić information content (AvgIpc) is 3.51. The van der Waals surface area contributed by atoms with Gasteiger partial charge in [-0.05, 0) is 37.0 Å². The number of benzene rings is 1. The van der Waals surface area contributed by atoms with Crippen LogP contribution in [0.2, 0.25) is 0 Å². The molecule has 1 aromatic heterocycles. The summed E-state index contributed by atoms with van der Waals surface area (Å²) in [4.78, 5) is 18.7. The van der Waals surface area contributed by atoms with Gasteiger partial charge in [0.15, 0.2) is 0 Å². The first kappa shape index (κ1) is 22.1. The van der Waals surface area contributed by atoms with Crippen LogP contribution in [0.5, 0.6) is 5.75 Å². The number of methoxy groups -OCH3 is 1. The van der Waals surface area contributed by atoms with E-state index in [-0.39, 0.29) is 41.2 Å². The highest BCUT2D eigenvalue weighted by Crippen LogP contribution is 2.37. The van der Waals surface area contributed by atoms with Crippen molar-refractivity contribution in [3.05, 3.63) is 35.0 Å². The number of nitrogens with zero attached hydrogens (tertiary/aromatic N) is 3. The minimum absolute atomic E-state index is 0.0682. The van der Waals surface area contributed by atoms with Crippen molar-refractivity contribution in [2.45, 2.75) is 37.5 Å². The molecule has 1 aliphatic rings. The van der Waals surface area contributed by atoms with Crippen molar-refractivity contribution in [1.29, 1.82) is 5.26 Å². The molecule has 1 saturated carbocycles.